The summed E-state index contributed by atoms with van der Waals surface area (Å²) in [4.78, 5) is 2.30. The molecule has 1 aromatic rings. The van der Waals surface area contributed by atoms with Crippen molar-refractivity contribution in [3.63, 3.8) is 0 Å². The van der Waals surface area contributed by atoms with E-state index in [0.29, 0.717) is 23.7 Å². The molecule has 114 valence electrons. The van der Waals surface area contributed by atoms with Crippen LogP contribution in [0, 0.1) is 17.7 Å². The number of nitrogens with zero attached hydrogens (tertiary/aromatic N) is 1. The molecule has 1 aliphatic heterocycles. The standard InChI is InChI=1S/C17H22FNO2/c18-17-12-14(4-2-10-20)7-8-15(17)13-19-9-1-5-16(19)6-3-11-21/h7-8,12,16,20-21H,1,3,5-6,9-11,13H2. The Kier molecular flexibility index (Phi) is 6.19. The van der Waals surface area contributed by atoms with Crippen LogP contribution in [0.3, 0.4) is 0 Å². The van der Waals surface area contributed by atoms with Crippen molar-refractivity contribution in [3.8, 4) is 11.8 Å². The van der Waals surface area contributed by atoms with Crippen LogP contribution < -0.4 is 0 Å². The average Bonchev–Trinajstić information content (AvgIpc) is 2.92. The molecule has 1 unspecified atom stereocenters. The molecule has 0 aliphatic carbocycles. The van der Waals surface area contributed by atoms with Gasteiger partial charge in [-0.3, -0.25) is 4.90 Å². The molecule has 1 saturated heterocycles. The first-order valence-corrected chi connectivity index (χ1v) is 7.47. The van der Waals surface area contributed by atoms with Crippen molar-refractivity contribution in [2.24, 2.45) is 0 Å². The van der Waals surface area contributed by atoms with Gasteiger partial charge in [0.15, 0.2) is 0 Å². The summed E-state index contributed by atoms with van der Waals surface area (Å²) in [6.07, 6.45) is 4.04. The zero-order valence-corrected chi connectivity index (χ0v) is 12.2. The third-order valence-corrected chi connectivity index (χ3v) is 3.93. The summed E-state index contributed by atoms with van der Waals surface area (Å²) in [5.41, 5.74) is 1.27. The normalized spacial score (nSPS) is 18.5. The summed E-state index contributed by atoms with van der Waals surface area (Å²) >= 11 is 0. The van der Waals surface area contributed by atoms with E-state index in [9.17, 15) is 4.39 Å². The molecule has 0 radical (unpaired) electrons. The van der Waals surface area contributed by atoms with Gasteiger partial charge in [-0.25, -0.2) is 4.39 Å². The molecule has 2 rings (SSSR count). The summed E-state index contributed by atoms with van der Waals surface area (Å²) in [5.74, 6) is 4.99. The molecule has 2 N–H and O–H groups in total. The molecule has 1 fully saturated rings. The predicted octanol–water partition coefficient (Wildman–Crippen LogP) is 1.91. The lowest BCUT2D eigenvalue weighted by atomic mass is 10.1. The number of likely N-dealkylation sites (tertiary alicyclic amines) is 1. The minimum absolute atomic E-state index is 0.219. The molecular formula is C17H22FNO2. The molecule has 1 heterocycles. The third kappa shape index (κ3) is 4.53. The first-order valence-electron chi connectivity index (χ1n) is 7.47. The van der Waals surface area contributed by atoms with Crippen LogP contribution in [0.25, 0.3) is 0 Å². The van der Waals surface area contributed by atoms with Crippen LogP contribution in [0.4, 0.5) is 4.39 Å². The van der Waals surface area contributed by atoms with Crippen molar-refractivity contribution in [2.75, 3.05) is 19.8 Å². The van der Waals surface area contributed by atoms with Crippen LogP contribution in [0.1, 0.15) is 36.8 Å². The van der Waals surface area contributed by atoms with Gasteiger partial charge in [0, 0.05) is 30.3 Å². The molecule has 1 aromatic carbocycles. The Morgan fingerprint density at radius 1 is 1.33 bits per heavy atom. The van der Waals surface area contributed by atoms with Crippen molar-refractivity contribution in [2.45, 2.75) is 38.3 Å². The molecule has 0 amide bonds. The maximum absolute atomic E-state index is 14.1. The second-order valence-electron chi connectivity index (χ2n) is 5.40. The molecule has 3 nitrogen and oxygen atoms in total. The number of hydrogen-bond acceptors (Lipinski definition) is 3. The van der Waals surface area contributed by atoms with Crippen molar-refractivity contribution >= 4 is 0 Å². The van der Waals surface area contributed by atoms with Gasteiger partial charge in [0.2, 0.25) is 0 Å². The minimum Gasteiger partial charge on any atom is -0.396 e. The van der Waals surface area contributed by atoms with E-state index in [1.165, 1.54) is 6.07 Å². The number of aliphatic hydroxyl groups is 2. The Balaban J connectivity index is 2.02. The fourth-order valence-electron chi connectivity index (χ4n) is 2.87. The molecule has 0 spiro atoms. The van der Waals surface area contributed by atoms with E-state index in [1.54, 1.807) is 12.1 Å². The van der Waals surface area contributed by atoms with Crippen LogP contribution >= 0.6 is 0 Å². The highest BCUT2D eigenvalue weighted by Gasteiger charge is 2.24. The molecular weight excluding hydrogens is 269 g/mol. The van der Waals surface area contributed by atoms with Gasteiger partial charge in [-0.15, -0.1) is 0 Å². The first kappa shape index (κ1) is 16.0. The fraction of sp³-hybridized carbons (Fsp3) is 0.529. The van der Waals surface area contributed by atoms with Crippen molar-refractivity contribution in [1.29, 1.82) is 0 Å². The van der Waals surface area contributed by atoms with E-state index < -0.39 is 0 Å². The van der Waals surface area contributed by atoms with E-state index in [4.69, 9.17) is 10.2 Å². The Bertz CT molecular complexity index is 521. The van der Waals surface area contributed by atoms with Gasteiger partial charge in [0.25, 0.3) is 0 Å². The van der Waals surface area contributed by atoms with E-state index in [2.05, 4.69) is 16.7 Å². The Morgan fingerprint density at radius 2 is 2.19 bits per heavy atom. The number of aliphatic hydroxyl groups excluding tert-OH is 2. The number of hydrogen-bond donors (Lipinski definition) is 2. The van der Waals surface area contributed by atoms with Gasteiger partial charge in [0.05, 0.1) is 0 Å². The lowest BCUT2D eigenvalue weighted by Gasteiger charge is -2.24. The van der Waals surface area contributed by atoms with Crippen molar-refractivity contribution < 1.29 is 14.6 Å². The molecule has 0 bridgehead atoms. The van der Waals surface area contributed by atoms with Crippen LogP contribution in [-0.4, -0.2) is 40.9 Å². The summed E-state index contributed by atoms with van der Waals surface area (Å²) in [6.45, 7) is 1.60. The molecule has 0 aromatic heterocycles. The summed E-state index contributed by atoms with van der Waals surface area (Å²) < 4.78 is 14.1. The predicted molar refractivity (Wildman–Crippen MR) is 80.1 cm³/mol. The minimum atomic E-state index is -0.243. The van der Waals surface area contributed by atoms with Crippen LogP contribution in [0.15, 0.2) is 18.2 Å². The second-order valence-corrected chi connectivity index (χ2v) is 5.40. The highest BCUT2D eigenvalue weighted by molar-refractivity contribution is 5.37. The smallest absolute Gasteiger partial charge is 0.128 e. The van der Waals surface area contributed by atoms with E-state index in [1.807, 2.05) is 0 Å². The first-order chi connectivity index (χ1) is 10.2. The van der Waals surface area contributed by atoms with Gasteiger partial charge < -0.3 is 10.2 Å². The SMILES string of the molecule is OCC#Cc1ccc(CN2CCCC2CCCO)c(F)c1. The van der Waals surface area contributed by atoms with Crippen LogP contribution in [0.5, 0.6) is 0 Å². The van der Waals surface area contributed by atoms with Gasteiger partial charge in [-0.1, -0.05) is 17.9 Å². The lowest BCUT2D eigenvalue weighted by molar-refractivity contribution is 0.208. The molecule has 1 atom stereocenters. The molecule has 21 heavy (non-hydrogen) atoms. The third-order valence-electron chi connectivity index (χ3n) is 3.93. The average molecular weight is 291 g/mol. The quantitative estimate of drug-likeness (QED) is 0.815. The number of benzene rings is 1. The van der Waals surface area contributed by atoms with Crippen molar-refractivity contribution in [1.82, 2.24) is 4.90 Å². The number of halogens is 1. The van der Waals surface area contributed by atoms with E-state index >= 15 is 0 Å². The summed E-state index contributed by atoms with van der Waals surface area (Å²) in [6, 6.07) is 5.44. The van der Waals surface area contributed by atoms with Gasteiger partial charge in [-0.05, 0) is 44.4 Å². The monoisotopic (exact) mass is 291 g/mol. The second kappa shape index (κ2) is 8.14. The highest BCUT2D eigenvalue weighted by atomic mass is 19.1. The molecule has 4 heteroatoms. The lowest BCUT2D eigenvalue weighted by Crippen LogP contribution is -2.29. The fourth-order valence-corrected chi connectivity index (χ4v) is 2.87. The molecule has 0 saturated carbocycles. The number of rotatable bonds is 5. The Labute approximate surface area is 125 Å². The van der Waals surface area contributed by atoms with E-state index in [-0.39, 0.29) is 19.0 Å². The largest absolute Gasteiger partial charge is 0.396 e. The van der Waals surface area contributed by atoms with Crippen LogP contribution in [0.2, 0.25) is 0 Å². The van der Waals surface area contributed by atoms with E-state index in [0.717, 1.165) is 32.2 Å². The zero-order chi connectivity index (χ0) is 15.1. The Morgan fingerprint density at radius 3 is 2.90 bits per heavy atom. The van der Waals surface area contributed by atoms with Gasteiger partial charge in [-0.2, -0.15) is 0 Å². The van der Waals surface area contributed by atoms with Crippen molar-refractivity contribution in [3.05, 3.63) is 35.1 Å². The Hall–Kier alpha value is -1.41. The topological polar surface area (TPSA) is 43.7 Å². The summed E-state index contributed by atoms with van der Waals surface area (Å²) in [5, 5.41) is 17.6. The maximum atomic E-state index is 14.1. The summed E-state index contributed by atoms with van der Waals surface area (Å²) in [7, 11) is 0. The maximum Gasteiger partial charge on any atom is 0.128 e. The molecule has 1 aliphatic rings. The highest BCUT2D eigenvalue weighted by Crippen LogP contribution is 2.24. The zero-order valence-electron chi connectivity index (χ0n) is 12.2. The van der Waals surface area contributed by atoms with Gasteiger partial charge in [0.1, 0.15) is 12.4 Å². The van der Waals surface area contributed by atoms with Gasteiger partial charge >= 0.3 is 0 Å². The van der Waals surface area contributed by atoms with Crippen LogP contribution in [-0.2, 0) is 6.54 Å².